The highest BCUT2D eigenvalue weighted by Crippen LogP contribution is 2.40. The first-order chi connectivity index (χ1) is 12.5. The van der Waals surface area contributed by atoms with E-state index in [2.05, 4.69) is 9.98 Å². The van der Waals surface area contributed by atoms with Crippen LogP contribution in [0.25, 0.3) is 0 Å². The number of carbonyl (C=O) groups is 1. The van der Waals surface area contributed by atoms with Gasteiger partial charge in [0.2, 0.25) is 11.9 Å². The molecule has 138 valence electrons. The van der Waals surface area contributed by atoms with Gasteiger partial charge in [0.05, 0.1) is 12.1 Å². The molecule has 0 radical (unpaired) electrons. The lowest BCUT2D eigenvalue weighted by Crippen LogP contribution is -2.58. The topological polar surface area (TPSA) is 110 Å². The minimum absolute atomic E-state index is 0.0624. The Morgan fingerprint density at radius 1 is 1.19 bits per heavy atom. The lowest BCUT2D eigenvalue weighted by molar-refractivity contribution is 0.0796. The first-order valence-corrected chi connectivity index (χ1v) is 9.02. The molecule has 4 N–H and O–H groups in total. The van der Waals surface area contributed by atoms with Crippen molar-refractivity contribution in [3.8, 4) is 5.75 Å². The van der Waals surface area contributed by atoms with Crippen LogP contribution in [0.2, 0.25) is 0 Å². The van der Waals surface area contributed by atoms with Gasteiger partial charge < -0.3 is 21.1 Å². The molecule has 0 atom stereocenters. The van der Waals surface area contributed by atoms with Gasteiger partial charge in [-0.1, -0.05) is 6.42 Å². The third-order valence-corrected chi connectivity index (χ3v) is 5.33. The maximum atomic E-state index is 12.7. The van der Waals surface area contributed by atoms with Crippen molar-refractivity contribution in [2.24, 2.45) is 21.5 Å². The van der Waals surface area contributed by atoms with Gasteiger partial charge in [-0.05, 0) is 43.9 Å². The molecule has 2 aliphatic heterocycles. The molecular formula is C18H24N6O2. The zero-order chi connectivity index (χ0) is 18.3. The molecule has 1 saturated carbocycles. The van der Waals surface area contributed by atoms with Gasteiger partial charge in [0.1, 0.15) is 18.0 Å². The molecule has 1 fully saturated rings. The first kappa shape index (κ1) is 16.7. The van der Waals surface area contributed by atoms with Gasteiger partial charge in [0.25, 0.3) is 5.91 Å². The standard InChI is InChI=1S/C18H24N6O2/c1-23-9-10-26-14-6-5-12(11-13(14)15(23)25)24-17(20)21-16(19)22-18(24)7-3-2-4-8-18/h5-6,11H,2-4,7-10H2,1H3,(H4,19,20,21,22). The van der Waals surface area contributed by atoms with Crippen LogP contribution in [0, 0.1) is 0 Å². The highest BCUT2D eigenvalue weighted by Gasteiger charge is 2.43. The van der Waals surface area contributed by atoms with E-state index in [0.717, 1.165) is 31.4 Å². The van der Waals surface area contributed by atoms with Crippen molar-refractivity contribution in [1.29, 1.82) is 0 Å². The van der Waals surface area contributed by atoms with E-state index in [1.807, 2.05) is 23.1 Å². The lowest BCUT2D eigenvalue weighted by Gasteiger charge is -2.45. The third kappa shape index (κ3) is 2.65. The van der Waals surface area contributed by atoms with Crippen LogP contribution < -0.4 is 21.1 Å². The summed E-state index contributed by atoms with van der Waals surface area (Å²) in [6.07, 6.45) is 4.98. The number of guanidine groups is 2. The van der Waals surface area contributed by atoms with Gasteiger partial charge in [0.15, 0.2) is 0 Å². The molecule has 26 heavy (non-hydrogen) atoms. The number of nitrogens with zero attached hydrogens (tertiary/aromatic N) is 4. The summed E-state index contributed by atoms with van der Waals surface area (Å²) in [6, 6.07) is 5.57. The Kier molecular flexibility index (Phi) is 3.97. The number of carbonyl (C=O) groups excluding carboxylic acids is 1. The fourth-order valence-electron chi connectivity index (χ4n) is 4.04. The van der Waals surface area contributed by atoms with Crippen molar-refractivity contribution in [1.82, 2.24) is 4.90 Å². The largest absolute Gasteiger partial charge is 0.491 e. The fourth-order valence-corrected chi connectivity index (χ4v) is 4.04. The Bertz CT molecular complexity index is 797. The van der Waals surface area contributed by atoms with E-state index in [4.69, 9.17) is 16.2 Å². The van der Waals surface area contributed by atoms with Crippen LogP contribution in [0.5, 0.6) is 5.75 Å². The van der Waals surface area contributed by atoms with Crippen molar-refractivity contribution < 1.29 is 9.53 Å². The van der Waals surface area contributed by atoms with Gasteiger partial charge in [0, 0.05) is 12.7 Å². The van der Waals surface area contributed by atoms with Crippen LogP contribution in [0.3, 0.4) is 0 Å². The number of ether oxygens (including phenoxy) is 1. The lowest BCUT2D eigenvalue weighted by atomic mass is 9.87. The number of benzene rings is 1. The molecule has 4 rings (SSSR count). The molecule has 0 aromatic heterocycles. The van der Waals surface area contributed by atoms with Crippen LogP contribution in [0.4, 0.5) is 5.69 Å². The molecule has 3 aliphatic rings. The van der Waals surface area contributed by atoms with Crippen LogP contribution >= 0.6 is 0 Å². The summed E-state index contributed by atoms with van der Waals surface area (Å²) in [6.45, 7) is 1.04. The quantitative estimate of drug-likeness (QED) is 0.787. The number of nitrogens with two attached hydrogens (primary N) is 2. The Balaban J connectivity index is 1.80. The zero-order valence-electron chi connectivity index (χ0n) is 14.9. The average Bonchev–Trinajstić information content (AvgIpc) is 2.74. The molecule has 1 aromatic carbocycles. The van der Waals surface area contributed by atoms with E-state index in [-0.39, 0.29) is 11.9 Å². The fraction of sp³-hybridized carbons (Fsp3) is 0.500. The molecule has 1 amide bonds. The van der Waals surface area contributed by atoms with Gasteiger partial charge in [-0.3, -0.25) is 9.69 Å². The van der Waals surface area contributed by atoms with E-state index in [1.165, 1.54) is 6.42 Å². The maximum Gasteiger partial charge on any atom is 0.257 e. The van der Waals surface area contributed by atoms with Crippen molar-refractivity contribution >= 4 is 23.5 Å². The molecule has 8 nitrogen and oxygen atoms in total. The summed E-state index contributed by atoms with van der Waals surface area (Å²) < 4.78 is 5.72. The Labute approximate surface area is 152 Å². The van der Waals surface area contributed by atoms with E-state index < -0.39 is 5.66 Å². The maximum absolute atomic E-state index is 12.7. The highest BCUT2D eigenvalue weighted by atomic mass is 16.5. The highest BCUT2D eigenvalue weighted by molar-refractivity contribution is 6.06. The predicted molar refractivity (Wildman–Crippen MR) is 100 cm³/mol. The number of aliphatic imine (C=N–C) groups is 2. The van der Waals surface area contributed by atoms with E-state index in [9.17, 15) is 4.79 Å². The van der Waals surface area contributed by atoms with Gasteiger partial charge in [-0.2, -0.15) is 4.99 Å². The number of hydrogen-bond donors (Lipinski definition) is 2. The molecule has 0 saturated heterocycles. The van der Waals surface area contributed by atoms with Gasteiger partial charge in [-0.15, -0.1) is 0 Å². The summed E-state index contributed by atoms with van der Waals surface area (Å²) in [4.78, 5) is 25.1. The summed E-state index contributed by atoms with van der Waals surface area (Å²) >= 11 is 0. The van der Waals surface area contributed by atoms with Gasteiger partial charge >= 0.3 is 0 Å². The van der Waals surface area contributed by atoms with Crippen molar-refractivity contribution in [2.75, 3.05) is 25.1 Å². The van der Waals surface area contributed by atoms with E-state index in [1.54, 1.807) is 11.9 Å². The Hall–Kier alpha value is -2.77. The molecule has 1 aromatic rings. The summed E-state index contributed by atoms with van der Waals surface area (Å²) in [7, 11) is 1.78. The first-order valence-electron chi connectivity index (χ1n) is 9.02. The van der Waals surface area contributed by atoms with Crippen molar-refractivity contribution in [3.05, 3.63) is 23.8 Å². The van der Waals surface area contributed by atoms with Gasteiger partial charge in [-0.25, -0.2) is 4.99 Å². The molecule has 1 aliphatic carbocycles. The number of rotatable bonds is 1. The number of anilines is 1. The molecule has 1 spiro atoms. The smallest absolute Gasteiger partial charge is 0.257 e. The second kappa shape index (κ2) is 6.19. The van der Waals surface area contributed by atoms with Crippen molar-refractivity contribution in [3.63, 3.8) is 0 Å². The summed E-state index contributed by atoms with van der Waals surface area (Å²) in [5.74, 6) is 1.06. The average molecular weight is 356 g/mol. The SMILES string of the molecule is CN1CCOc2ccc(N3C(N)=NC(N)=NC34CCCCC4)cc2C1=O. The van der Waals surface area contributed by atoms with Crippen molar-refractivity contribution in [2.45, 2.75) is 37.8 Å². The van der Waals surface area contributed by atoms with E-state index in [0.29, 0.717) is 30.4 Å². The number of likely N-dealkylation sites (N-methyl/N-ethyl adjacent to an activating group) is 1. The minimum Gasteiger partial charge on any atom is -0.491 e. The summed E-state index contributed by atoms with van der Waals surface area (Å²) in [5.41, 5.74) is 13.0. The zero-order valence-corrected chi connectivity index (χ0v) is 14.9. The Morgan fingerprint density at radius 2 is 1.96 bits per heavy atom. The number of hydrogen-bond acceptors (Lipinski definition) is 7. The second-order valence-corrected chi connectivity index (χ2v) is 7.07. The molecule has 0 bridgehead atoms. The monoisotopic (exact) mass is 356 g/mol. The van der Waals surface area contributed by atoms with E-state index >= 15 is 0 Å². The van der Waals surface area contributed by atoms with Crippen LogP contribution in [-0.2, 0) is 0 Å². The Morgan fingerprint density at radius 3 is 2.73 bits per heavy atom. The van der Waals surface area contributed by atoms with Crippen LogP contribution in [0.15, 0.2) is 28.2 Å². The number of fused-ring (bicyclic) bond motifs is 1. The van der Waals surface area contributed by atoms with Crippen LogP contribution in [-0.4, -0.2) is 48.6 Å². The normalized spacial score (nSPS) is 22.3. The predicted octanol–water partition coefficient (Wildman–Crippen LogP) is 1.26. The molecule has 2 heterocycles. The number of amides is 1. The molecular weight excluding hydrogens is 332 g/mol. The van der Waals surface area contributed by atoms with Crippen LogP contribution in [0.1, 0.15) is 42.5 Å². The summed E-state index contributed by atoms with van der Waals surface area (Å²) in [5, 5.41) is 0. The third-order valence-electron chi connectivity index (χ3n) is 5.33. The molecule has 0 unspecified atom stereocenters. The second-order valence-electron chi connectivity index (χ2n) is 7.07. The molecule has 8 heteroatoms. The minimum atomic E-state index is -0.525.